The van der Waals surface area contributed by atoms with E-state index in [0.29, 0.717) is 30.4 Å². The second-order valence-corrected chi connectivity index (χ2v) is 4.17. The third-order valence-corrected chi connectivity index (χ3v) is 2.66. The summed E-state index contributed by atoms with van der Waals surface area (Å²) >= 11 is 0. The van der Waals surface area contributed by atoms with Gasteiger partial charge in [-0.25, -0.2) is 4.79 Å². The number of benzene rings is 1. The zero-order valence-electron chi connectivity index (χ0n) is 11.8. The number of carbonyl (C=O) groups excluding carboxylic acids is 1. The second-order valence-electron chi connectivity index (χ2n) is 4.17. The topological polar surface area (TPSA) is 69.2 Å². The van der Waals surface area contributed by atoms with E-state index in [1.165, 1.54) is 0 Å². The highest BCUT2D eigenvalue weighted by Gasteiger charge is 2.20. The van der Waals surface area contributed by atoms with Crippen LogP contribution in [0.2, 0.25) is 0 Å². The lowest BCUT2D eigenvalue weighted by molar-refractivity contribution is 0.0522. The molecule has 1 aliphatic heterocycles. The van der Waals surface area contributed by atoms with Gasteiger partial charge in [0.25, 0.3) is 0 Å². The van der Waals surface area contributed by atoms with Crippen LogP contribution in [0.4, 0.5) is 0 Å². The monoisotopic (exact) mass is 278 g/mol. The first-order valence-electron chi connectivity index (χ1n) is 6.60. The summed E-state index contributed by atoms with van der Waals surface area (Å²) in [6, 6.07) is 5.15. The van der Waals surface area contributed by atoms with Crippen LogP contribution in [0.5, 0.6) is 5.75 Å². The molecule has 0 spiro atoms. The van der Waals surface area contributed by atoms with Crippen molar-refractivity contribution in [2.45, 2.75) is 27.0 Å². The van der Waals surface area contributed by atoms with Crippen LogP contribution >= 0.6 is 0 Å². The summed E-state index contributed by atoms with van der Waals surface area (Å²) in [5, 5.41) is 4.07. The van der Waals surface area contributed by atoms with E-state index in [1.807, 2.05) is 13.8 Å². The van der Waals surface area contributed by atoms with Gasteiger partial charge < -0.3 is 14.2 Å². The van der Waals surface area contributed by atoms with Gasteiger partial charge in [0.1, 0.15) is 11.3 Å². The van der Waals surface area contributed by atoms with Gasteiger partial charge in [0.15, 0.2) is 6.23 Å². The minimum absolute atomic E-state index is 0.162. The number of rotatable bonds is 5. The number of ether oxygens (including phenoxy) is 3. The van der Waals surface area contributed by atoms with E-state index in [-0.39, 0.29) is 6.23 Å². The van der Waals surface area contributed by atoms with Crippen LogP contribution in [-0.2, 0) is 9.47 Å². The SMILES string of the molecule is CCOC(=O)c1ccc(C2=NNC(C)O2)cc1OCC. The first kappa shape index (κ1) is 14.2. The van der Waals surface area contributed by atoms with Gasteiger partial charge in [0.2, 0.25) is 5.90 Å². The van der Waals surface area contributed by atoms with Gasteiger partial charge in [-0.15, -0.1) is 5.10 Å². The molecule has 2 rings (SSSR count). The molecule has 1 aliphatic rings. The molecule has 1 heterocycles. The zero-order chi connectivity index (χ0) is 14.5. The van der Waals surface area contributed by atoms with Crippen LogP contribution in [0.15, 0.2) is 23.3 Å². The quantitative estimate of drug-likeness (QED) is 0.833. The minimum Gasteiger partial charge on any atom is -0.493 e. The van der Waals surface area contributed by atoms with Crippen LogP contribution < -0.4 is 10.2 Å². The molecule has 1 atom stereocenters. The van der Waals surface area contributed by atoms with E-state index in [4.69, 9.17) is 14.2 Å². The van der Waals surface area contributed by atoms with Crippen LogP contribution in [0.3, 0.4) is 0 Å². The third kappa shape index (κ3) is 3.01. The molecular formula is C14H18N2O4. The lowest BCUT2D eigenvalue weighted by Gasteiger charge is -2.11. The molecular weight excluding hydrogens is 260 g/mol. The van der Waals surface area contributed by atoms with Gasteiger partial charge in [0, 0.05) is 5.56 Å². The Bertz CT molecular complexity index is 528. The smallest absolute Gasteiger partial charge is 0.341 e. The summed E-state index contributed by atoms with van der Waals surface area (Å²) in [4.78, 5) is 11.8. The predicted molar refractivity (Wildman–Crippen MR) is 73.8 cm³/mol. The van der Waals surface area contributed by atoms with E-state index in [2.05, 4.69) is 10.5 Å². The van der Waals surface area contributed by atoms with Gasteiger partial charge in [-0.05, 0) is 39.0 Å². The predicted octanol–water partition coefficient (Wildman–Crippen LogP) is 1.89. The van der Waals surface area contributed by atoms with Crippen molar-refractivity contribution in [1.29, 1.82) is 0 Å². The Balaban J connectivity index is 2.30. The van der Waals surface area contributed by atoms with Crippen molar-refractivity contribution < 1.29 is 19.0 Å². The van der Waals surface area contributed by atoms with Crippen LogP contribution in [0.25, 0.3) is 0 Å². The molecule has 0 radical (unpaired) electrons. The fraction of sp³-hybridized carbons (Fsp3) is 0.429. The van der Waals surface area contributed by atoms with E-state index in [9.17, 15) is 4.79 Å². The Morgan fingerprint density at radius 1 is 1.40 bits per heavy atom. The molecule has 0 aromatic heterocycles. The first-order valence-corrected chi connectivity index (χ1v) is 6.60. The molecule has 1 N–H and O–H groups in total. The molecule has 0 saturated heterocycles. The Morgan fingerprint density at radius 3 is 2.80 bits per heavy atom. The van der Waals surface area contributed by atoms with Crippen molar-refractivity contribution in [3.8, 4) is 5.75 Å². The van der Waals surface area contributed by atoms with E-state index in [0.717, 1.165) is 5.56 Å². The Morgan fingerprint density at radius 2 is 2.20 bits per heavy atom. The molecule has 0 bridgehead atoms. The largest absolute Gasteiger partial charge is 0.493 e. The fourth-order valence-electron chi connectivity index (χ4n) is 1.81. The lowest BCUT2D eigenvalue weighted by Crippen LogP contribution is -2.16. The number of hydrogen-bond donors (Lipinski definition) is 1. The van der Waals surface area contributed by atoms with Crippen molar-refractivity contribution >= 4 is 11.9 Å². The van der Waals surface area contributed by atoms with Gasteiger partial charge in [-0.2, -0.15) is 0 Å². The van der Waals surface area contributed by atoms with Crippen LogP contribution in [-0.4, -0.2) is 31.3 Å². The second kappa shape index (κ2) is 6.27. The highest BCUT2D eigenvalue weighted by Crippen LogP contribution is 2.23. The van der Waals surface area contributed by atoms with E-state index < -0.39 is 5.97 Å². The Hall–Kier alpha value is -2.24. The maximum absolute atomic E-state index is 11.8. The molecule has 0 fully saturated rings. The first-order chi connectivity index (χ1) is 9.65. The summed E-state index contributed by atoms with van der Waals surface area (Å²) in [5.41, 5.74) is 3.96. The number of nitrogens with zero attached hydrogens (tertiary/aromatic N) is 1. The fourth-order valence-corrected chi connectivity index (χ4v) is 1.81. The Labute approximate surface area is 117 Å². The molecule has 6 heteroatoms. The van der Waals surface area contributed by atoms with Gasteiger partial charge >= 0.3 is 5.97 Å². The van der Waals surface area contributed by atoms with Gasteiger partial charge in [-0.3, -0.25) is 5.43 Å². The summed E-state index contributed by atoms with van der Waals surface area (Å²) in [7, 11) is 0. The molecule has 108 valence electrons. The van der Waals surface area contributed by atoms with E-state index in [1.54, 1.807) is 25.1 Å². The molecule has 0 aliphatic carbocycles. The summed E-state index contributed by atoms with van der Waals surface area (Å²) < 4.78 is 16.0. The molecule has 6 nitrogen and oxygen atoms in total. The maximum atomic E-state index is 11.8. The molecule has 0 amide bonds. The van der Waals surface area contributed by atoms with Gasteiger partial charge in [-0.1, -0.05) is 0 Å². The van der Waals surface area contributed by atoms with Crippen molar-refractivity contribution in [1.82, 2.24) is 5.43 Å². The third-order valence-electron chi connectivity index (χ3n) is 2.66. The van der Waals surface area contributed by atoms with Crippen molar-refractivity contribution in [3.05, 3.63) is 29.3 Å². The highest BCUT2D eigenvalue weighted by atomic mass is 16.5. The lowest BCUT2D eigenvalue weighted by atomic mass is 10.1. The average Bonchev–Trinajstić information content (AvgIpc) is 2.86. The Kier molecular flexibility index (Phi) is 4.45. The average molecular weight is 278 g/mol. The summed E-state index contributed by atoms with van der Waals surface area (Å²) in [6.45, 7) is 6.25. The van der Waals surface area contributed by atoms with Crippen molar-refractivity contribution in [2.75, 3.05) is 13.2 Å². The number of esters is 1. The van der Waals surface area contributed by atoms with Crippen molar-refractivity contribution in [3.63, 3.8) is 0 Å². The summed E-state index contributed by atoms with van der Waals surface area (Å²) in [6.07, 6.45) is -0.162. The maximum Gasteiger partial charge on any atom is 0.341 e. The van der Waals surface area contributed by atoms with Crippen molar-refractivity contribution in [2.24, 2.45) is 5.10 Å². The molecule has 20 heavy (non-hydrogen) atoms. The number of hydrazone groups is 1. The minimum atomic E-state index is -0.400. The summed E-state index contributed by atoms with van der Waals surface area (Å²) in [5.74, 6) is 0.548. The number of hydrogen-bond acceptors (Lipinski definition) is 6. The number of carbonyl (C=O) groups is 1. The molecule has 1 aromatic carbocycles. The molecule has 1 unspecified atom stereocenters. The van der Waals surface area contributed by atoms with Crippen LogP contribution in [0.1, 0.15) is 36.7 Å². The highest BCUT2D eigenvalue weighted by molar-refractivity contribution is 5.98. The van der Waals surface area contributed by atoms with Crippen LogP contribution in [0, 0.1) is 0 Å². The normalized spacial score (nSPS) is 16.9. The standard InChI is InChI=1S/C14H18N2O4/c1-4-18-12-8-10(13-16-15-9(3)20-13)6-7-11(12)14(17)19-5-2/h6-9,15H,4-5H2,1-3H3. The zero-order valence-corrected chi connectivity index (χ0v) is 11.8. The molecule has 0 saturated carbocycles. The van der Waals surface area contributed by atoms with Gasteiger partial charge in [0.05, 0.1) is 13.2 Å². The molecule has 1 aromatic rings. The van der Waals surface area contributed by atoms with E-state index >= 15 is 0 Å². The number of nitrogens with one attached hydrogen (secondary N) is 1.